The predicted octanol–water partition coefficient (Wildman–Crippen LogP) is 2.80. The maximum Gasteiger partial charge on any atom is 0.122 e. The Labute approximate surface area is 125 Å². The second-order valence-corrected chi connectivity index (χ2v) is 4.50. The quantitative estimate of drug-likeness (QED) is 0.677. The lowest BCUT2D eigenvalue weighted by atomic mass is 10.2. The first-order valence-electron chi connectivity index (χ1n) is 6.80. The Morgan fingerprint density at radius 3 is 2.33 bits per heavy atom. The fourth-order valence-corrected chi connectivity index (χ4v) is 1.80. The van der Waals surface area contributed by atoms with Gasteiger partial charge in [0.05, 0.1) is 0 Å². The molecule has 0 heterocycles. The van der Waals surface area contributed by atoms with Crippen molar-refractivity contribution in [2.45, 2.75) is 6.92 Å². The molecule has 108 valence electrons. The molecule has 0 amide bonds. The van der Waals surface area contributed by atoms with Crippen molar-refractivity contribution >= 4 is 0 Å². The van der Waals surface area contributed by atoms with Crippen LogP contribution in [0.15, 0.2) is 48.5 Å². The molecule has 3 heteroatoms. The maximum absolute atomic E-state index is 8.62. The average Bonchev–Trinajstić information content (AvgIpc) is 2.51. The van der Waals surface area contributed by atoms with E-state index in [1.165, 1.54) is 5.56 Å². The normalized spacial score (nSPS) is 9.62. The van der Waals surface area contributed by atoms with Gasteiger partial charge in [-0.1, -0.05) is 24.0 Å². The first-order valence-corrected chi connectivity index (χ1v) is 6.80. The molecule has 0 fully saturated rings. The molecule has 0 saturated carbocycles. The van der Waals surface area contributed by atoms with Crippen LogP contribution in [0.2, 0.25) is 0 Å². The van der Waals surface area contributed by atoms with Gasteiger partial charge in [0.1, 0.15) is 31.3 Å². The van der Waals surface area contributed by atoms with Gasteiger partial charge in [-0.3, -0.25) is 0 Å². The Balaban J connectivity index is 1.76. The number of hydrogen-bond acceptors (Lipinski definition) is 3. The van der Waals surface area contributed by atoms with E-state index in [9.17, 15) is 0 Å². The van der Waals surface area contributed by atoms with Gasteiger partial charge in [-0.15, -0.1) is 0 Å². The topological polar surface area (TPSA) is 38.7 Å². The highest BCUT2D eigenvalue weighted by Crippen LogP contribution is 2.13. The zero-order chi connectivity index (χ0) is 14.9. The molecule has 0 aromatic heterocycles. The molecule has 1 N–H and O–H groups in total. The summed E-state index contributed by atoms with van der Waals surface area (Å²) in [5.74, 6) is 7.07. The van der Waals surface area contributed by atoms with Crippen LogP contribution in [0, 0.1) is 18.8 Å². The van der Waals surface area contributed by atoms with Crippen molar-refractivity contribution in [3.63, 3.8) is 0 Å². The van der Waals surface area contributed by atoms with E-state index < -0.39 is 0 Å². The minimum atomic E-state index is -0.130. The molecule has 21 heavy (non-hydrogen) atoms. The highest BCUT2D eigenvalue weighted by Gasteiger charge is 1.96. The van der Waals surface area contributed by atoms with Crippen LogP contribution in [0.3, 0.4) is 0 Å². The third-order valence-electron chi connectivity index (χ3n) is 2.78. The zero-order valence-electron chi connectivity index (χ0n) is 12.0. The fourth-order valence-electron chi connectivity index (χ4n) is 1.80. The van der Waals surface area contributed by atoms with Gasteiger partial charge in [0, 0.05) is 5.56 Å². The molecule has 0 spiro atoms. The largest absolute Gasteiger partial charge is 0.490 e. The highest BCUT2D eigenvalue weighted by molar-refractivity contribution is 5.38. The minimum Gasteiger partial charge on any atom is -0.490 e. The highest BCUT2D eigenvalue weighted by atomic mass is 16.5. The van der Waals surface area contributed by atoms with Gasteiger partial charge in [0.15, 0.2) is 0 Å². The Kier molecular flexibility index (Phi) is 5.69. The first kappa shape index (κ1) is 15.0. The van der Waals surface area contributed by atoms with Crippen molar-refractivity contribution in [3.8, 4) is 23.3 Å². The molecule has 0 unspecified atom stereocenters. The molecule has 0 bridgehead atoms. The third-order valence-corrected chi connectivity index (χ3v) is 2.78. The van der Waals surface area contributed by atoms with E-state index in [1.807, 2.05) is 55.5 Å². The average molecular weight is 282 g/mol. The van der Waals surface area contributed by atoms with Crippen LogP contribution in [0.25, 0.3) is 0 Å². The minimum absolute atomic E-state index is 0.130. The van der Waals surface area contributed by atoms with Gasteiger partial charge in [-0.25, -0.2) is 0 Å². The van der Waals surface area contributed by atoms with Crippen LogP contribution < -0.4 is 9.47 Å². The van der Waals surface area contributed by atoms with Crippen molar-refractivity contribution in [2.75, 3.05) is 19.8 Å². The van der Waals surface area contributed by atoms with Gasteiger partial charge >= 0.3 is 0 Å². The Hall–Kier alpha value is -2.44. The van der Waals surface area contributed by atoms with Crippen molar-refractivity contribution in [3.05, 3.63) is 59.7 Å². The molecule has 0 radical (unpaired) electrons. The van der Waals surface area contributed by atoms with E-state index in [1.54, 1.807) is 0 Å². The third kappa shape index (κ3) is 5.21. The van der Waals surface area contributed by atoms with Crippen molar-refractivity contribution in [1.82, 2.24) is 0 Å². The van der Waals surface area contributed by atoms with Crippen molar-refractivity contribution in [2.24, 2.45) is 0 Å². The summed E-state index contributed by atoms with van der Waals surface area (Å²) in [6.45, 7) is 2.88. The van der Waals surface area contributed by atoms with E-state index in [0.29, 0.717) is 13.2 Å². The lowest BCUT2D eigenvalue weighted by Gasteiger charge is -2.08. The van der Waals surface area contributed by atoms with Crippen LogP contribution in [0.4, 0.5) is 0 Å². The summed E-state index contributed by atoms with van der Waals surface area (Å²) in [5.41, 5.74) is 2.03. The Morgan fingerprint density at radius 2 is 1.67 bits per heavy atom. The number of benzene rings is 2. The van der Waals surface area contributed by atoms with Crippen LogP contribution >= 0.6 is 0 Å². The van der Waals surface area contributed by atoms with Gasteiger partial charge in [-0.2, -0.15) is 0 Å². The van der Waals surface area contributed by atoms with E-state index in [2.05, 4.69) is 11.8 Å². The zero-order valence-corrected chi connectivity index (χ0v) is 12.0. The number of ether oxygens (including phenoxy) is 2. The second kappa shape index (κ2) is 7.98. The van der Waals surface area contributed by atoms with Gasteiger partial charge in [0.2, 0.25) is 0 Å². The first-order chi connectivity index (χ1) is 10.3. The Bertz CT molecular complexity index is 621. The summed E-state index contributed by atoms with van der Waals surface area (Å²) in [5, 5.41) is 8.62. The summed E-state index contributed by atoms with van der Waals surface area (Å²) >= 11 is 0. The number of aliphatic hydroxyl groups excluding tert-OH is 1. The molecule has 2 rings (SSSR count). The molecule has 0 aliphatic rings. The van der Waals surface area contributed by atoms with Gasteiger partial charge in [0.25, 0.3) is 0 Å². The molecule has 0 aliphatic carbocycles. The van der Waals surface area contributed by atoms with E-state index >= 15 is 0 Å². The number of rotatable bonds is 5. The molecular formula is C18H18O3. The number of hydrogen-bond donors (Lipinski definition) is 1. The SMILES string of the molecule is Cc1cccc(OCCOc2ccc(C#CCO)cc2)c1. The van der Waals surface area contributed by atoms with E-state index in [0.717, 1.165) is 17.1 Å². The van der Waals surface area contributed by atoms with Crippen molar-refractivity contribution < 1.29 is 14.6 Å². The summed E-state index contributed by atoms with van der Waals surface area (Å²) in [4.78, 5) is 0. The van der Waals surface area contributed by atoms with E-state index in [-0.39, 0.29) is 6.61 Å². The van der Waals surface area contributed by atoms with Crippen molar-refractivity contribution in [1.29, 1.82) is 0 Å². The summed E-state index contributed by atoms with van der Waals surface area (Å²) in [6, 6.07) is 15.4. The van der Waals surface area contributed by atoms with Crippen LogP contribution in [0.1, 0.15) is 11.1 Å². The number of aliphatic hydroxyl groups is 1. The fraction of sp³-hybridized carbons (Fsp3) is 0.222. The number of aryl methyl sites for hydroxylation is 1. The molecule has 2 aromatic rings. The second-order valence-electron chi connectivity index (χ2n) is 4.50. The standard InChI is InChI=1S/C18H18O3/c1-15-4-2-6-18(14-15)21-13-12-20-17-9-7-16(8-10-17)5-3-11-19/h2,4,6-10,14,19H,11-13H2,1H3. The smallest absolute Gasteiger partial charge is 0.122 e. The van der Waals surface area contributed by atoms with Crippen LogP contribution in [-0.2, 0) is 0 Å². The monoisotopic (exact) mass is 282 g/mol. The molecular weight excluding hydrogens is 264 g/mol. The molecule has 3 nitrogen and oxygen atoms in total. The molecule has 2 aromatic carbocycles. The van der Waals surface area contributed by atoms with Gasteiger partial charge in [-0.05, 0) is 48.9 Å². The van der Waals surface area contributed by atoms with Gasteiger partial charge < -0.3 is 14.6 Å². The Morgan fingerprint density at radius 1 is 0.952 bits per heavy atom. The molecule has 0 atom stereocenters. The molecule has 0 saturated heterocycles. The van der Waals surface area contributed by atoms with Crippen LogP contribution in [0.5, 0.6) is 11.5 Å². The molecule has 0 aliphatic heterocycles. The summed E-state index contributed by atoms with van der Waals surface area (Å²) in [6.07, 6.45) is 0. The summed E-state index contributed by atoms with van der Waals surface area (Å²) in [7, 11) is 0. The maximum atomic E-state index is 8.62. The lowest BCUT2D eigenvalue weighted by Crippen LogP contribution is -2.08. The van der Waals surface area contributed by atoms with E-state index in [4.69, 9.17) is 14.6 Å². The lowest BCUT2D eigenvalue weighted by molar-refractivity contribution is 0.217. The predicted molar refractivity (Wildman–Crippen MR) is 82.6 cm³/mol. The van der Waals surface area contributed by atoms with Crippen LogP contribution in [-0.4, -0.2) is 24.9 Å². The summed E-state index contributed by atoms with van der Waals surface area (Å²) < 4.78 is 11.2.